The van der Waals surface area contributed by atoms with Gasteiger partial charge in [0.1, 0.15) is 6.17 Å². The van der Waals surface area contributed by atoms with Gasteiger partial charge in [0.05, 0.1) is 17.3 Å². The van der Waals surface area contributed by atoms with Crippen LogP contribution >= 0.6 is 0 Å². The van der Waals surface area contributed by atoms with Gasteiger partial charge in [-0.2, -0.15) is 13.2 Å². The number of rotatable bonds is 5. The van der Waals surface area contributed by atoms with E-state index >= 15 is 0 Å². The summed E-state index contributed by atoms with van der Waals surface area (Å²) in [5, 5.41) is 0. The maximum Gasteiger partial charge on any atom is 0.416 e. The Bertz CT molecular complexity index is 838. The van der Waals surface area contributed by atoms with E-state index in [0.717, 1.165) is 12.1 Å². The molecular weight excluding hydrogens is 374 g/mol. The number of benzene rings is 1. The number of aromatic nitrogens is 1. The number of nitrogens with two attached hydrogens (primary N) is 1. The van der Waals surface area contributed by atoms with E-state index in [1.807, 2.05) is 0 Å². The summed E-state index contributed by atoms with van der Waals surface area (Å²) >= 11 is 0. The molecule has 0 aliphatic carbocycles. The minimum absolute atomic E-state index is 0.0243. The third kappa shape index (κ3) is 4.32. The number of likely N-dealkylation sites (tertiary alicyclic amines) is 1. The lowest BCUT2D eigenvalue weighted by molar-refractivity contribution is -0.137. The fraction of sp³-hybridized carbons (Fsp3) is 0.400. The minimum Gasteiger partial charge on any atom is -0.345 e. The Morgan fingerprint density at radius 1 is 1.21 bits per heavy atom. The lowest BCUT2D eigenvalue weighted by Crippen LogP contribution is -2.29. The third-order valence-electron chi connectivity index (χ3n) is 5.11. The second-order valence-electron chi connectivity index (χ2n) is 7.07. The van der Waals surface area contributed by atoms with E-state index in [2.05, 4.69) is 4.98 Å². The Labute approximate surface area is 160 Å². The Hall–Kier alpha value is -2.48. The van der Waals surface area contributed by atoms with E-state index in [0.29, 0.717) is 29.8 Å². The average Bonchev–Trinajstić information content (AvgIpc) is 2.99. The minimum atomic E-state index is -4.41. The Balaban J connectivity index is 1.74. The monoisotopic (exact) mass is 395 g/mol. The van der Waals surface area contributed by atoms with E-state index in [4.69, 9.17) is 5.73 Å². The molecular formula is C20H21F4N3O. The highest BCUT2D eigenvalue weighted by Gasteiger charge is 2.34. The number of carbonyl (C=O) groups is 1. The highest BCUT2D eigenvalue weighted by Crippen LogP contribution is 2.32. The molecule has 1 aromatic carbocycles. The van der Waals surface area contributed by atoms with Gasteiger partial charge >= 0.3 is 6.18 Å². The highest BCUT2D eigenvalue weighted by molar-refractivity contribution is 5.80. The summed E-state index contributed by atoms with van der Waals surface area (Å²) in [6.07, 6.45) is -3.78. The molecule has 8 heteroatoms. The number of amides is 1. The maximum atomic E-state index is 14.7. The lowest BCUT2D eigenvalue weighted by atomic mass is 9.94. The van der Waals surface area contributed by atoms with Crippen LogP contribution in [0.25, 0.3) is 11.1 Å². The van der Waals surface area contributed by atoms with Crippen LogP contribution in [0.3, 0.4) is 0 Å². The first-order valence-corrected chi connectivity index (χ1v) is 8.95. The highest BCUT2D eigenvalue weighted by atomic mass is 19.4. The molecule has 1 unspecified atom stereocenters. The Morgan fingerprint density at radius 3 is 2.46 bits per heavy atom. The summed E-state index contributed by atoms with van der Waals surface area (Å²) in [6.45, 7) is 0.604. The van der Waals surface area contributed by atoms with Gasteiger partial charge in [-0.05, 0) is 48.2 Å². The van der Waals surface area contributed by atoms with Crippen molar-refractivity contribution in [1.29, 1.82) is 0 Å². The topological polar surface area (TPSA) is 59.2 Å². The van der Waals surface area contributed by atoms with E-state index in [-0.39, 0.29) is 18.2 Å². The van der Waals surface area contributed by atoms with E-state index in [1.54, 1.807) is 24.1 Å². The van der Waals surface area contributed by atoms with Crippen LogP contribution in [-0.4, -0.2) is 35.6 Å². The second kappa shape index (κ2) is 7.87. The molecule has 1 aliphatic rings. The number of alkyl halides is 4. The summed E-state index contributed by atoms with van der Waals surface area (Å²) in [5.74, 6) is -0.467. The molecule has 0 saturated carbocycles. The Morgan fingerprint density at radius 2 is 1.89 bits per heavy atom. The molecule has 1 amide bonds. The Kier molecular flexibility index (Phi) is 5.69. The average molecular weight is 395 g/mol. The molecule has 28 heavy (non-hydrogen) atoms. The molecule has 3 rings (SSSR count). The van der Waals surface area contributed by atoms with Gasteiger partial charge in [-0.1, -0.05) is 12.1 Å². The van der Waals surface area contributed by atoms with Gasteiger partial charge in [0, 0.05) is 25.7 Å². The number of carbonyl (C=O) groups excluding carboxylic acids is 1. The molecule has 2 heterocycles. The van der Waals surface area contributed by atoms with Gasteiger partial charge < -0.3 is 10.6 Å². The van der Waals surface area contributed by atoms with Crippen LogP contribution < -0.4 is 5.73 Å². The van der Waals surface area contributed by atoms with E-state index < -0.39 is 24.0 Å². The van der Waals surface area contributed by atoms with Crippen molar-refractivity contribution in [3.05, 3.63) is 53.9 Å². The molecule has 2 aromatic rings. The molecule has 1 aromatic heterocycles. The van der Waals surface area contributed by atoms with Gasteiger partial charge in [0.2, 0.25) is 5.91 Å². The molecule has 1 saturated heterocycles. The van der Waals surface area contributed by atoms with Crippen molar-refractivity contribution in [3.63, 3.8) is 0 Å². The summed E-state index contributed by atoms with van der Waals surface area (Å²) in [6, 6.07) is 6.88. The first-order valence-electron chi connectivity index (χ1n) is 8.95. The molecule has 0 spiro atoms. The van der Waals surface area contributed by atoms with Crippen LogP contribution in [-0.2, 0) is 11.0 Å². The lowest BCUT2D eigenvalue weighted by Gasteiger charge is -2.19. The predicted molar refractivity (Wildman–Crippen MR) is 96.9 cm³/mol. The summed E-state index contributed by atoms with van der Waals surface area (Å²) in [7, 11) is 1.69. The largest absolute Gasteiger partial charge is 0.416 e. The quantitative estimate of drug-likeness (QED) is 0.780. The SMILES string of the molecule is CN1CCC(C[C@@H](F)[C@@H](N)c2cc(-c3ccc(C(F)(F)F)cc3)ccn2)C1=O. The fourth-order valence-electron chi connectivity index (χ4n) is 3.38. The molecule has 1 fully saturated rings. The third-order valence-corrected chi connectivity index (χ3v) is 5.11. The molecule has 2 N–H and O–H groups in total. The molecule has 0 radical (unpaired) electrons. The van der Waals surface area contributed by atoms with Crippen LogP contribution in [0.4, 0.5) is 17.6 Å². The maximum absolute atomic E-state index is 14.7. The predicted octanol–water partition coefficient (Wildman–Crippen LogP) is 3.97. The normalized spacial score (nSPS) is 19.7. The van der Waals surface area contributed by atoms with Crippen molar-refractivity contribution in [1.82, 2.24) is 9.88 Å². The summed E-state index contributed by atoms with van der Waals surface area (Å²) < 4.78 is 52.8. The van der Waals surface area contributed by atoms with Crippen molar-refractivity contribution in [2.45, 2.75) is 31.2 Å². The fourth-order valence-corrected chi connectivity index (χ4v) is 3.38. The van der Waals surface area contributed by atoms with Crippen molar-refractivity contribution < 1.29 is 22.4 Å². The van der Waals surface area contributed by atoms with Crippen LogP contribution in [0.15, 0.2) is 42.6 Å². The second-order valence-corrected chi connectivity index (χ2v) is 7.07. The smallest absolute Gasteiger partial charge is 0.345 e. The van der Waals surface area contributed by atoms with Crippen molar-refractivity contribution in [2.24, 2.45) is 11.7 Å². The van der Waals surface area contributed by atoms with Crippen LogP contribution in [0.5, 0.6) is 0 Å². The van der Waals surface area contributed by atoms with Gasteiger partial charge in [0.15, 0.2) is 0 Å². The zero-order chi connectivity index (χ0) is 20.5. The van der Waals surface area contributed by atoms with Crippen molar-refractivity contribution >= 4 is 5.91 Å². The van der Waals surface area contributed by atoms with Crippen LogP contribution in [0.2, 0.25) is 0 Å². The van der Waals surface area contributed by atoms with Gasteiger partial charge in [0.25, 0.3) is 0 Å². The van der Waals surface area contributed by atoms with E-state index in [1.165, 1.54) is 18.3 Å². The molecule has 0 bridgehead atoms. The first kappa shape index (κ1) is 20.3. The number of hydrogen-bond donors (Lipinski definition) is 1. The standard InChI is InChI=1S/C20H21F4N3O/c1-27-9-7-14(19(27)28)10-16(21)18(25)17-11-13(6-8-26-17)12-2-4-15(5-3-12)20(22,23)24/h2-6,8,11,14,16,18H,7,9-10,25H2,1H3/t14?,16-,18-/m1/s1. The zero-order valence-electron chi connectivity index (χ0n) is 15.3. The molecule has 4 nitrogen and oxygen atoms in total. The number of pyridine rings is 1. The number of halogens is 4. The molecule has 150 valence electrons. The number of hydrogen-bond acceptors (Lipinski definition) is 3. The van der Waals surface area contributed by atoms with Gasteiger partial charge in [-0.3, -0.25) is 9.78 Å². The van der Waals surface area contributed by atoms with Crippen molar-refractivity contribution in [3.8, 4) is 11.1 Å². The van der Waals surface area contributed by atoms with E-state index in [9.17, 15) is 22.4 Å². The van der Waals surface area contributed by atoms with Crippen LogP contribution in [0.1, 0.15) is 30.1 Å². The van der Waals surface area contributed by atoms with Crippen molar-refractivity contribution in [2.75, 3.05) is 13.6 Å². The summed E-state index contributed by atoms with van der Waals surface area (Å²) in [4.78, 5) is 17.6. The molecule has 3 atom stereocenters. The van der Waals surface area contributed by atoms with Gasteiger partial charge in [-0.25, -0.2) is 4.39 Å². The van der Waals surface area contributed by atoms with Crippen LogP contribution in [0, 0.1) is 5.92 Å². The molecule has 1 aliphatic heterocycles. The first-order chi connectivity index (χ1) is 13.2. The van der Waals surface area contributed by atoms with Gasteiger partial charge in [-0.15, -0.1) is 0 Å². The zero-order valence-corrected chi connectivity index (χ0v) is 15.3. The number of nitrogens with zero attached hydrogens (tertiary/aromatic N) is 2. The summed E-state index contributed by atoms with van der Waals surface area (Å²) in [5.41, 5.74) is 6.71.